The number of halogens is 1. The Bertz CT molecular complexity index is 1060. The van der Waals surface area contributed by atoms with E-state index in [4.69, 9.17) is 11.6 Å². The van der Waals surface area contributed by atoms with E-state index in [9.17, 15) is 0 Å². The van der Waals surface area contributed by atoms with E-state index in [1.165, 1.54) is 0 Å². The molecule has 0 aliphatic carbocycles. The van der Waals surface area contributed by atoms with Crippen molar-refractivity contribution in [2.75, 3.05) is 0 Å². The summed E-state index contributed by atoms with van der Waals surface area (Å²) in [5.74, 6) is 0.627. The number of rotatable bonds is 2. The lowest BCUT2D eigenvalue weighted by Crippen LogP contribution is -1.97. The smallest absolute Gasteiger partial charge is 0.177 e. The van der Waals surface area contributed by atoms with Gasteiger partial charge in [0.25, 0.3) is 0 Å². The molecule has 5 nitrogen and oxygen atoms in total. The first-order valence-corrected chi connectivity index (χ1v) is 7.91. The quantitative estimate of drug-likeness (QED) is 0.553. The third-order valence-electron chi connectivity index (χ3n) is 3.81. The normalized spacial score (nSPS) is 11.8. The zero-order chi connectivity index (χ0) is 16.7. The zero-order valence-corrected chi connectivity index (χ0v) is 14.0. The van der Waals surface area contributed by atoms with Crippen LogP contribution in [0.3, 0.4) is 0 Å². The SMILES string of the molecule is Cc1ncc(C)n2nc(C=Cc3ccc4ccc(Cl)cc4n3)nc12. The van der Waals surface area contributed by atoms with Crippen molar-refractivity contribution in [1.82, 2.24) is 24.6 Å². The Morgan fingerprint density at radius 1 is 1.04 bits per heavy atom. The van der Waals surface area contributed by atoms with Crippen LogP contribution in [0, 0.1) is 13.8 Å². The van der Waals surface area contributed by atoms with Crippen LogP contribution in [0.25, 0.3) is 28.7 Å². The second kappa shape index (κ2) is 5.69. The van der Waals surface area contributed by atoms with Crippen LogP contribution in [0.4, 0.5) is 0 Å². The van der Waals surface area contributed by atoms with E-state index in [0.29, 0.717) is 10.8 Å². The van der Waals surface area contributed by atoms with Gasteiger partial charge in [-0.15, -0.1) is 5.10 Å². The first-order valence-electron chi connectivity index (χ1n) is 7.53. The molecule has 0 atom stereocenters. The van der Waals surface area contributed by atoms with Gasteiger partial charge in [-0.3, -0.25) is 4.98 Å². The first kappa shape index (κ1) is 14.8. The second-order valence-electron chi connectivity index (χ2n) is 5.60. The largest absolute Gasteiger partial charge is 0.256 e. The molecule has 0 bridgehead atoms. The van der Waals surface area contributed by atoms with Crippen molar-refractivity contribution in [1.29, 1.82) is 0 Å². The Hall–Kier alpha value is -2.79. The number of pyridine rings is 1. The topological polar surface area (TPSA) is 56.0 Å². The average Bonchev–Trinajstić information content (AvgIpc) is 3.01. The fraction of sp³-hybridized carbons (Fsp3) is 0.111. The number of hydrogen-bond donors (Lipinski definition) is 0. The van der Waals surface area contributed by atoms with Gasteiger partial charge in [-0.2, -0.15) is 0 Å². The summed E-state index contributed by atoms with van der Waals surface area (Å²) in [6.07, 6.45) is 5.54. The predicted molar refractivity (Wildman–Crippen MR) is 95.9 cm³/mol. The van der Waals surface area contributed by atoms with E-state index in [1.54, 1.807) is 10.7 Å². The molecule has 1 aromatic carbocycles. The van der Waals surface area contributed by atoms with E-state index in [2.05, 4.69) is 20.1 Å². The number of fused-ring (bicyclic) bond motifs is 2. The van der Waals surface area contributed by atoms with Crippen LogP contribution in [-0.4, -0.2) is 24.6 Å². The molecular weight excluding hydrogens is 322 g/mol. The lowest BCUT2D eigenvalue weighted by molar-refractivity contribution is 0.884. The molecule has 0 radical (unpaired) electrons. The fourth-order valence-electron chi connectivity index (χ4n) is 2.54. The highest BCUT2D eigenvalue weighted by atomic mass is 35.5. The maximum atomic E-state index is 6.03. The van der Waals surface area contributed by atoms with Crippen LogP contribution in [0.15, 0.2) is 36.5 Å². The summed E-state index contributed by atoms with van der Waals surface area (Å²) < 4.78 is 1.80. The summed E-state index contributed by atoms with van der Waals surface area (Å²) in [7, 11) is 0. The number of aromatic nitrogens is 5. The summed E-state index contributed by atoms with van der Waals surface area (Å²) in [5, 5.41) is 6.23. The number of aryl methyl sites for hydroxylation is 2. The molecular formula is C18H14ClN5. The highest BCUT2D eigenvalue weighted by Crippen LogP contribution is 2.18. The van der Waals surface area contributed by atoms with Gasteiger partial charge in [-0.25, -0.2) is 14.5 Å². The van der Waals surface area contributed by atoms with Gasteiger partial charge in [0.05, 0.1) is 22.6 Å². The standard InChI is InChI=1S/C18H14ClN5/c1-11-10-20-12(2)18-22-17(23-24(11)18)8-7-15-6-4-13-3-5-14(19)9-16(13)21-15/h3-10H,1-2H3. The number of benzene rings is 1. The second-order valence-corrected chi connectivity index (χ2v) is 6.03. The predicted octanol–water partition coefficient (Wildman–Crippen LogP) is 4.11. The van der Waals surface area contributed by atoms with Crippen LogP contribution in [0.2, 0.25) is 5.02 Å². The summed E-state index contributed by atoms with van der Waals surface area (Å²) in [6, 6.07) is 9.66. The van der Waals surface area contributed by atoms with Crippen molar-refractivity contribution in [2.24, 2.45) is 0 Å². The highest BCUT2D eigenvalue weighted by molar-refractivity contribution is 6.31. The van der Waals surface area contributed by atoms with Gasteiger partial charge < -0.3 is 0 Å². The number of nitrogens with zero attached hydrogens (tertiary/aromatic N) is 5. The summed E-state index contributed by atoms with van der Waals surface area (Å²) in [6.45, 7) is 3.88. The van der Waals surface area contributed by atoms with Gasteiger partial charge in [0.2, 0.25) is 0 Å². The van der Waals surface area contributed by atoms with E-state index in [0.717, 1.165) is 33.6 Å². The lowest BCUT2D eigenvalue weighted by Gasteiger charge is -1.99. The zero-order valence-electron chi connectivity index (χ0n) is 13.2. The minimum Gasteiger partial charge on any atom is -0.256 e. The molecule has 0 aliphatic rings. The van der Waals surface area contributed by atoms with Gasteiger partial charge in [-0.05, 0) is 44.2 Å². The van der Waals surface area contributed by atoms with Crippen molar-refractivity contribution in [2.45, 2.75) is 13.8 Å². The molecule has 0 saturated carbocycles. The molecule has 4 rings (SSSR count). The molecule has 0 fully saturated rings. The molecule has 118 valence electrons. The van der Waals surface area contributed by atoms with Crippen LogP contribution in [-0.2, 0) is 0 Å². The third-order valence-corrected chi connectivity index (χ3v) is 4.04. The first-order chi connectivity index (χ1) is 11.6. The molecule has 6 heteroatoms. The lowest BCUT2D eigenvalue weighted by atomic mass is 10.2. The average molecular weight is 336 g/mol. The summed E-state index contributed by atoms with van der Waals surface area (Å²) in [5.41, 5.74) is 4.26. The Morgan fingerprint density at radius 3 is 2.71 bits per heavy atom. The molecule has 4 aromatic rings. The van der Waals surface area contributed by atoms with Crippen molar-refractivity contribution < 1.29 is 0 Å². The van der Waals surface area contributed by atoms with Crippen molar-refractivity contribution in [3.05, 3.63) is 64.5 Å². The molecule has 24 heavy (non-hydrogen) atoms. The summed E-state index contributed by atoms with van der Waals surface area (Å²) >= 11 is 6.03. The van der Waals surface area contributed by atoms with Crippen molar-refractivity contribution >= 4 is 40.3 Å². The molecule has 0 amide bonds. The Labute approximate surface area is 143 Å². The molecule has 3 aromatic heterocycles. The van der Waals surface area contributed by atoms with Crippen LogP contribution in [0.1, 0.15) is 22.9 Å². The van der Waals surface area contributed by atoms with Gasteiger partial charge >= 0.3 is 0 Å². The molecule has 0 aliphatic heterocycles. The van der Waals surface area contributed by atoms with E-state index in [-0.39, 0.29) is 0 Å². The van der Waals surface area contributed by atoms with E-state index in [1.807, 2.05) is 56.3 Å². The van der Waals surface area contributed by atoms with Crippen molar-refractivity contribution in [3.63, 3.8) is 0 Å². The third kappa shape index (κ3) is 2.63. The highest BCUT2D eigenvalue weighted by Gasteiger charge is 2.06. The van der Waals surface area contributed by atoms with E-state index >= 15 is 0 Å². The molecule has 3 heterocycles. The monoisotopic (exact) mass is 335 g/mol. The molecule has 0 saturated heterocycles. The Balaban J connectivity index is 1.72. The molecule has 0 spiro atoms. The molecule has 0 N–H and O–H groups in total. The number of hydrogen-bond acceptors (Lipinski definition) is 4. The van der Waals surface area contributed by atoms with Gasteiger partial charge in [-0.1, -0.05) is 23.7 Å². The van der Waals surface area contributed by atoms with E-state index < -0.39 is 0 Å². The maximum Gasteiger partial charge on any atom is 0.177 e. The fourth-order valence-corrected chi connectivity index (χ4v) is 2.71. The Kier molecular flexibility index (Phi) is 3.50. The summed E-state index contributed by atoms with van der Waals surface area (Å²) in [4.78, 5) is 13.4. The van der Waals surface area contributed by atoms with Crippen LogP contribution in [0.5, 0.6) is 0 Å². The maximum absolute atomic E-state index is 6.03. The van der Waals surface area contributed by atoms with Crippen LogP contribution < -0.4 is 0 Å². The minimum absolute atomic E-state index is 0.627. The van der Waals surface area contributed by atoms with Gasteiger partial charge in [0.1, 0.15) is 0 Å². The van der Waals surface area contributed by atoms with Gasteiger partial charge in [0.15, 0.2) is 11.5 Å². The molecule has 0 unspecified atom stereocenters. The van der Waals surface area contributed by atoms with Crippen LogP contribution >= 0.6 is 11.6 Å². The van der Waals surface area contributed by atoms with Gasteiger partial charge in [0, 0.05) is 16.6 Å². The van der Waals surface area contributed by atoms with Crippen molar-refractivity contribution in [3.8, 4) is 0 Å². The Morgan fingerprint density at radius 2 is 1.88 bits per heavy atom. The minimum atomic E-state index is 0.627.